The topological polar surface area (TPSA) is 58.7 Å². The monoisotopic (exact) mass is 416 g/mol. The van der Waals surface area contributed by atoms with Crippen molar-refractivity contribution in [2.24, 2.45) is 10.9 Å². The molecule has 0 spiro atoms. The third-order valence-electron chi connectivity index (χ3n) is 5.97. The fraction of sp³-hybridized carbons (Fsp3) is 0.609. The van der Waals surface area contributed by atoms with Crippen molar-refractivity contribution in [1.29, 1.82) is 0 Å². The molecule has 1 unspecified atom stereocenters. The van der Waals surface area contributed by atoms with Gasteiger partial charge in [0, 0.05) is 62.4 Å². The molecule has 166 valence electrons. The van der Waals surface area contributed by atoms with Crippen LogP contribution in [-0.4, -0.2) is 79.6 Å². The van der Waals surface area contributed by atoms with Crippen molar-refractivity contribution in [3.63, 3.8) is 0 Å². The van der Waals surface area contributed by atoms with E-state index in [9.17, 15) is 4.39 Å². The summed E-state index contributed by atoms with van der Waals surface area (Å²) >= 11 is 0. The summed E-state index contributed by atoms with van der Waals surface area (Å²) in [5.74, 6) is 1.21. The van der Waals surface area contributed by atoms with E-state index in [0.29, 0.717) is 12.0 Å². The van der Waals surface area contributed by atoms with Gasteiger partial charge in [0.05, 0.1) is 6.54 Å². The van der Waals surface area contributed by atoms with Gasteiger partial charge >= 0.3 is 0 Å². The number of H-pyrrole nitrogens is 1. The predicted molar refractivity (Wildman–Crippen MR) is 124 cm³/mol. The maximum atomic E-state index is 13.6. The first kappa shape index (κ1) is 22.6. The Morgan fingerprint density at radius 2 is 1.97 bits per heavy atom. The van der Waals surface area contributed by atoms with Crippen LogP contribution in [-0.2, 0) is 6.42 Å². The molecule has 1 aliphatic heterocycles. The number of benzene rings is 1. The van der Waals surface area contributed by atoms with Gasteiger partial charge in [0.1, 0.15) is 5.82 Å². The summed E-state index contributed by atoms with van der Waals surface area (Å²) in [5, 5.41) is 7.76. The molecule has 3 rings (SSSR count). The van der Waals surface area contributed by atoms with E-state index in [1.165, 1.54) is 6.07 Å². The van der Waals surface area contributed by atoms with Crippen LogP contribution in [0.4, 0.5) is 4.39 Å². The molecule has 1 saturated heterocycles. The van der Waals surface area contributed by atoms with Crippen molar-refractivity contribution in [3.05, 3.63) is 35.8 Å². The van der Waals surface area contributed by atoms with Gasteiger partial charge in [0.15, 0.2) is 5.96 Å². The van der Waals surface area contributed by atoms with E-state index in [-0.39, 0.29) is 5.82 Å². The van der Waals surface area contributed by atoms with Gasteiger partial charge in [-0.3, -0.25) is 9.89 Å². The molecule has 2 aromatic rings. The normalized spacial score (nSPS) is 17.6. The lowest BCUT2D eigenvalue weighted by Crippen LogP contribution is -2.52. The third kappa shape index (κ3) is 5.95. The van der Waals surface area contributed by atoms with Gasteiger partial charge in [-0.15, -0.1) is 0 Å². The molecule has 1 aromatic carbocycles. The molecular formula is C23H37FN6. The van der Waals surface area contributed by atoms with E-state index in [0.717, 1.165) is 74.7 Å². The second-order valence-electron chi connectivity index (χ2n) is 8.55. The lowest BCUT2D eigenvalue weighted by molar-refractivity contribution is 0.0925. The van der Waals surface area contributed by atoms with Gasteiger partial charge in [-0.25, -0.2) is 4.39 Å². The molecule has 0 amide bonds. The van der Waals surface area contributed by atoms with Crippen LogP contribution in [0.2, 0.25) is 0 Å². The maximum Gasteiger partial charge on any atom is 0.191 e. The molecule has 1 aliphatic rings. The van der Waals surface area contributed by atoms with Crippen LogP contribution in [0.3, 0.4) is 0 Å². The number of rotatable bonds is 8. The minimum absolute atomic E-state index is 0.199. The average Bonchev–Trinajstić information content (AvgIpc) is 3.11. The molecule has 1 atom stereocenters. The summed E-state index contributed by atoms with van der Waals surface area (Å²) in [6.45, 7) is 13.5. The van der Waals surface area contributed by atoms with Crippen LogP contribution in [0.25, 0.3) is 10.9 Å². The lowest BCUT2D eigenvalue weighted by atomic mass is 10.0. The van der Waals surface area contributed by atoms with E-state index in [2.05, 4.69) is 53.2 Å². The van der Waals surface area contributed by atoms with Crippen molar-refractivity contribution in [2.75, 3.05) is 52.9 Å². The summed E-state index contributed by atoms with van der Waals surface area (Å²) in [4.78, 5) is 13.1. The number of halogens is 1. The quantitative estimate of drug-likeness (QED) is 0.457. The van der Waals surface area contributed by atoms with Crippen LogP contribution in [0.5, 0.6) is 0 Å². The molecule has 2 heterocycles. The van der Waals surface area contributed by atoms with Gasteiger partial charge in [-0.05, 0) is 50.1 Å². The standard InChI is InChI=1S/C23H37FN6/c1-5-25-23(28-16-22(17(2)3)30-12-10-29(4)11-13-30)26-9-8-18-15-27-21-7-6-19(24)14-20(18)21/h6-7,14-15,17,22,27H,5,8-13,16H2,1-4H3,(H2,25,26,28). The SMILES string of the molecule is CCNC(=NCC(C(C)C)N1CCN(C)CC1)NCCc1c[nH]c2ccc(F)cc12. The number of guanidine groups is 1. The number of hydrogen-bond donors (Lipinski definition) is 3. The third-order valence-corrected chi connectivity index (χ3v) is 5.97. The highest BCUT2D eigenvalue weighted by atomic mass is 19.1. The molecule has 0 saturated carbocycles. The van der Waals surface area contributed by atoms with Crippen LogP contribution >= 0.6 is 0 Å². The Morgan fingerprint density at radius 3 is 2.67 bits per heavy atom. The fourth-order valence-corrected chi connectivity index (χ4v) is 4.10. The number of aromatic amines is 1. The number of likely N-dealkylation sites (N-methyl/N-ethyl adjacent to an activating group) is 1. The Labute approximate surface area is 179 Å². The average molecular weight is 417 g/mol. The van der Waals surface area contributed by atoms with Crippen LogP contribution in [0.15, 0.2) is 29.4 Å². The molecular weight excluding hydrogens is 379 g/mol. The van der Waals surface area contributed by atoms with Crippen molar-refractivity contribution < 1.29 is 4.39 Å². The van der Waals surface area contributed by atoms with E-state index in [1.807, 2.05) is 6.20 Å². The van der Waals surface area contributed by atoms with Gasteiger partial charge < -0.3 is 20.5 Å². The Hall–Kier alpha value is -2.12. The number of hydrogen-bond acceptors (Lipinski definition) is 3. The van der Waals surface area contributed by atoms with E-state index < -0.39 is 0 Å². The molecule has 0 aliphatic carbocycles. The smallest absolute Gasteiger partial charge is 0.191 e. The molecule has 0 bridgehead atoms. The largest absolute Gasteiger partial charge is 0.361 e. The number of piperazine rings is 1. The molecule has 30 heavy (non-hydrogen) atoms. The van der Waals surface area contributed by atoms with Crippen molar-refractivity contribution in [2.45, 2.75) is 33.2 Å². The summed E-state index contributed by atoms with van der Waals surface area (Å²) < 4.78 is 13.6. The van der Waals surface area contributed by atoms with Gasteiger partial charge in [0.25, 0.3) is 0 Å². The second kappa shape index (κ2) is 10.8. The van der Waals surface area contributed by atoms with E-state index in [1.54, 1.807) is 12.1 Å². The Morgan fingerprint density at radius 1 is 1.20 bits per heavy atom. The first-order valence-electron chi connectivity index (χ1n) is 11.2. The minimum Gasteiger partial charge on any atom is -0.361 e. The van der Waals surface area contributed by atoms with Gasteiger partial charge in [-0.1, -0.05) is 13.8 Å². The first-order valence-corrected chi connectivity index (χ1v) is 11.2. The fourth-order valence-electron chi connectivity index (χ4n) is 4.10. The van der Waals surface area contributed by atoms with Crippen LogP contribution in [0.1, 0.15) is 26.3 Å². The number of fused-ring (bicyclic) bond motifs is 1. The minimum atomic E-state index is -0.199. The highest BCUT2D eigenvalue weighted by Crippen LogP contribution is 2.19. The first-order chi connectivity index (χ1) is 14.5. The Bertz CT molecular complexity index is 822. The molecule has 1 aromatic heterocycles. The molecule has 3 N–H and O–H groups in total. The molecule has 6 nitrogen and oxygen atoms in total. The second-order valence-corrected chi connectivity index (χ2v) is 8.55. The molecule has 1 fully saturated rings. The van der Waals surface area contributed by atoms with Gasteiger partial charge in [-0.2, -0.15) is 0 Å². The van der Waals surface area contributed by atoms with Crippen molar-refractivity contribution >= 4 is 16.9 Å². The number of aliphatic imine (C=N–C) groups is 1. The highest BCUT2D eigenvalue weighted by Gasteiger charge is 2.24. The lowest BCUT2D eigenvalue weighted by Gasteiger charge is -2.39. The summed E-state index contributed by atoms with van der Waals surface area (Å²) in [5.41, 5.74) is 2.09. The zero-order valence-corrected chi connectivity index (χ0v) is 18.8. The molecule has 7 heteroatoms. The maximum absolute atomic E-state index is 13.6. The number of aromatic nitrogens is 1. The van der Waals surface area contributed by atoms with Gasteiger partial charge in [0.2, 0.25) is 0 Å². The van der Waals surface area contributed by atoms with Crippen molar-refractivity contribution in [1.82, 2.24) is 25.4 Å². The Kier molecular flexibility index (Phi) is 8.10. The zero-order valence-electron chi connectivity index (χ0n) is 18.8. The van der Waals surface area contributed by atoms with Crippen LogP contribution in [0, 0.1) is 11.7 Å². The summed E-state index contributed by atoms with van der Waals surface area (Å²) in [6.07, 6.45) is 2.78. The van der Waals surface area contributed by atoms with Crippen molar-refractivity contribution in [3.8, 4) is 0 Å². The molecule has 0 radical (unpaired) electrons. The van der Waals surface area contributed by atoms with Crippen LogP contribution < -0.4 is 10.6 Å². The predicted octanol–water partition coefficient (Wildman–Crippen LogP) is 2.68. The number of nitrogens with one attached hydrogen (secondary N) is 3. The Balaban J connectivity index is 1.58. The summed E-state index contributed by atoms with van der Waals surface area (Å²) in [7, 11) is 2.19. The highest BCUT2D eigenvalue weighted by molar-refractivity contribution is 5.83. The number of nitrogens with zero attached hydrogens (tertiary/aromatic N) is 3. The van der Waals surface area contributed by atoms with E-state index in [4.69, 9.17) is 4.99 Å². The van der Waals surface area contributed by atoms with E-state index >= 15 is 0 Å². The zero-order chi connectivity index (χ0) is 21.5. The summed E-state index contributed by atoms with van der Waals surface area (Å²) in [6, 6.07) is 5.33.